The third-order valence-electron chi connectivity index (χ3n) is 2.14. The molecule has 0 amide bonds. The Labute approximate surface area is 87.1 Å². The zero-order valence-corrected chi connectivity index (χ0v) is 8.30. The fourth-order valence-corrected chi connectivity index (χ4v) is 1.30. The summed E-state index contributed by atoms with van der Waals surface area (Å²) < 4.78 is 4.94. The van der Waals surface area contributed by atoms with E-state index in [2.05, 4.69) is 0 Å². The second-order valence-electron chi connectivity index (χ2n) is 3.05. The van der Waals surface area contributed by atoms with Crippen LogP contribution in [0.4, 0.5) is 0 Å². The van der Waals surface area contributed by atoms with E-state index < -0.39 is 11.9 Å². The van der Waals surface area contributed by atoms with Crippen LogP contribution in [0.15, 0.2) is 18.2 Å². The molecule has 0 fully saturated rings. The molecule has 0 radical (unpaired) electrons. The summed E-state index contributed by atoms with van der Waals surface area (Å²) in [4.78, 5) is 10.9. The van der Waals surface area contributed by atoms with Gasteiger partial charge in [-0.1, -0.05) is 0 Å². The molecule has 0 spiro atoms. The van der Waals surface area contributed by atoms with Gasteiger partial charge in [0.15, 0.2) is 0 Å². The molecule has 4 N–H and O–H groups in total. The van der Waals surface area contributed by atoms with Crippen molar-refractivity contribution in [3.05, 3.63) is 23.8 Å². The smallest absolute Gasteiger partial charge is 0.312 e. The largest absolute Gasteiger partial charge is 0.508 e. The minimum Gasteiger partial charge on any atom is -0.508 e. The fourth-order valence-electron chi connectivity index (χ4n) is 1.30. The van der Waals surface area contributed by atoms with Gasteiger partial charge in [0, 0.05) is 12.1 Å². The number of phenolic OH excluding ortho intramolecular Hbond substituents is 1. The molecule has 0 saturated heterocycles. The van der Waals surface area contributed by atoms with Crippen molar-refractivity contribution in [1.82, 2.24) is 0 Å². The first-order chi connectivity index (χ1) is 7.10. The summed E-state index contributed by atoms with van der Waals surface area (Å²) in [5.41, 5.74) is 5.60. The molecule has 1 aromatic rings. The number of aliphatic carboxylic acids is 1. The van der Waals surface area contributed by atoms with Crippen LogP contribution in [0.2, 0.25) is 0 Å². The Morgan fingerprint density at radius 2 is 2.27 bits per heavy atom. The van der Waals surface area contributed by atoms with E-state index in [4.69, 9.17) is 15.6 Å². The zero-order valence-electron chi connectivity index (χ0n) is 8.30. The molecule has 0 aliphatic carbocycles. The quantitative estimate of drug-likeness (QED) is 0.675. The lowest BCUT2D eigenvalue weighted by Crippen LogP contribution is -2.21. The summed E-state index contributed by atoms with van der Waals surface area (Å²) in [6, 6.07) is 4.41. The number of hydrogen-bond acceptors (Lipinski definition) is 4. The average molecular weight is 211 g/mol. The van der Waals surface area contributed by atoms with Gasteiger partial charge in [-0.3, -0.25) is 4.79 Å². The van der Waals surface area contributed by atoms with Gasteiger partial charge in [-0.15, -0.1) is 0 Å². The predicted octanol–water partition coefficient (Wildman–Crippen LogP) is 0.528. The SMILES string of the molecule is COc1ccc(O)c(C(CN)C(=O)O)c1. The lowest BCUT2D eigenvalue weighted by atomic mass is 9.98. The summed E-state index contributed by atoms with van der Waals surface area (Å²) in [6.07, 6.45) is 0. The predicted molar refractivity (Wildman–Crippen MR) is 54.1 cm³/mol. The molecule has 1 aromatic carbocycles. The van der Waals surface area contributed by atoms with Gasteiger partial charge in [0.2, 0.25) is 0 Å². The number of phenols is 1. The Morgan fingerprint density at radius 3 is 2.73 bits per heavy atom. The van der Waals surface area contributed by atoms with Crippen molar-refractivity contribution in [2.45, 2.75) is 5.92 Å². The van der Waals surface area contributed by atoms with Crippen molar-refractivity contribution in [1.29, 1.82) is 0 Å². The molecule has 5 nitrogen and oxygen atoms in total. The standard InChI is InChI=1S/C10H13NO4/c1-15-6-2-3-9(12)7(4-6)8(5-11)10(13)14/h2-4,8,12H,5,11H2,1H3,(H,13,14). The molecule has 1 unspecified atom stereocenters. The molecular formula is C10H13NO4. The summed E-state index contributed by atoms with van der Waals surface area (Å²) in [5.74, 6) is -1.59. The lowest BCUT2D eigenvalue weighted by molar-refractivity contribution is -0.138. The summed E-state index contributed by atoms with van der Waals surface area (Å²) in [6.45, 7) is -0.0734. The Bertz CT molecular complexity index is 364. The molecular weight excluding hydrogens is 198 g/mol. The van der Waals surface area contributed by atoms with Crippen LogP contribution < -0.4 is 10.5 Å². The number of carboxylic acid groups (broad SMARTS) is 1. The van der Waals surface area contributed by atoms with Crippen LogP contribution in [0.5, 0.6) is 11.5 Å². The van der Waals surface area contributed by atoms with Crippen molar-refractivity contribution in [2.75, 3.05) is 13.7 Å². The first-order valence-electron chi connectivity index (χ1n) is 4.40. The summed E-state index contributed by atoms with van der Waals surface area (Å²) in [7, 11) is 1.47. The van der Waals surface area contributed by atoms with E-state index in [9.17, 15) is 9.90 Å². The summed E-state index contributed by atoms with van der Waals surface area (Å²) in [5, 5.41) is 18.4. The van der Waals surface area contributed by atoms with Crippen LogP contribution >= 0.6 is 0 Å². The fraction of sp³-hybridized carbons (Fsp3) is 0.300. The van der Waals surface area contributed by atoms with Crippen LogP contribution in [-0.4, -0.2) is 29.8 Å². The van der Waals surface area contributed by atoms with Crippen LogP contribution in [0, 0.1) is 0 Å². The number of carboxylic acids is 1. The van der Waals surface area contributed by atoms with Crippen molar-refractivity contribution in [3.63, 3.8) is 0 Å². The maximum Gasteiger partial charge on any atom is 0.312 e. The van der Waals surface area contributed by atoms with E-state index in [1.807, 2.05) is 0 Å². The monoisotopic (exact) mass is 211 g/mol. The summed E-state index contributed by atoms with van der Waals surface area (Å²) >= 11 is 0. The molecule has 1 rings (SSSR count). The maximum absolute atomic E-state index is 10.9. The van der Waals surface area contributed by atoms with Gasteiger partial charge in [-0.05, 0) is 18.2 Å². The number of methoxy groups -OCH3 is 1. The van der Waals surface area contributed by atoms with Crippen molar-refractivity contribution in [3.8, 4) is 11.5 Å². The van der Waals surface area contributed by atoms with Crippen molar-refractivity contribution >= 4 is 5.97 Å². The van der Waals surface area contributed by atoms with Gasteiger partial charge in [-0.25, -0.2) is 0 Å². The van der Waals surface area contributed by atoms with Crippen LogP contribution in [0.3, 0.4) is 0 Å². The van der Waals surface area contributed by atoms with Crippen LogP contribution in [0.25, 0.3) is 0 Å². The van der Waals surface area contributed by atoms with Gasteiger partial charge >= 0.3 is 5.97 Å². The highest BCUT2D eigenvalue weighted by molar-refractivity contribution is 5.77. The maximum atomic E-state index is 10.9. The average Bonchev–Trinajstić information content (AvgIpc) is 2.21. The van der Waals surface area contributed by atoms with E-state index >= 15 is 0 Å². The number of nitrogens with two attached hydrogens (primary N) is 1. The topological polar surface area (TPSA) is 92.8 Å². The number of aromatic hydroxyl groups is 1. The number of hydrogen-bond donors (Lipinski definition) is 3. The molecule has 82 valence electrons. The number of rotatable bonds is 4. The Hall–Kier alpha value is -1.75. The Balaban J connectivity index is 3.15. The highest BCUT2D eigenvalue weighted by atomic mass is 16.5. The highest BCUT2D eigenvalue weighted by Gasteiger charge is 2.21. The van der Waals surface area contributed by atoms with Gasteiger partial charge < -0.3 is 20.7 Å². The van der Waals surface area contributed by atoms with E-state index in [0.717, 1.165) is 0 Å². The molecule has 0 aliphatic rings. The molecule has 0 aromatic heterocycles. The van der Waals surface area contributed by atoms with Crippen molar-refractivity contribution in [2.24, 2.45) is 5.73 Å². The van der Waals surface area contributed by atoms with Gasteiger partial charge in [0.05, 0.1) is 13.0 Å². The van der Waals surface area contributed by atoms with Gasteiger partial charge in [-0.2, -0.15) is 0 Å². The third kappa shape index (κ3) is 2.38. The minimum atomic E-state index is -1.07. The number of ether oxygens (including phenoxy) is 1. The second kappa shape index (κ2) is 4.65. The molecule has 0 saturated carbocycles. The Kier molecular flexibility index (Phi) is 3.51. The van der Waals surface area contributed by atoms with Crippen LogP contribution in [-0.2, 0) is 4.79 Å². The first kappa shape index (κ1) is 11.3. The lowest BCUT2D eigenvalue weighted by Gasteiger charge is -2.12. The molecule has 15 heavy (non-hydrogen) atoms. The van der Waals surface area contributed by atoms with Crippen LogP contribution in [0.1, 0.15) is 11.5 Å². The molecule has 1 atom stereocenters. The molecule has 5 heteroatoms. The van der Waals surface area contributed by atoms with Gasteiger partial charge in [0.25, 0.3) is 0 Å². The number of benzene rings is 1. The normalized spacial score (nSPS) is 12.1. The Morgan fingerprint density at radius 1 is 1.60 bits per heavy atom. The first-order valence-corrected chi connectivity index (χ1v) is 4.40. The zero-order chi connectivity index (χ0) is 11.4. The van der Waals surface area contributed by atoms with E-state index in [1.165, 1.54) is 19.2 Å². The molecule has 0 heterocycles. The van der Waals surface area contributed by atoms with Gasteiger partial charge in [0.1, 0.15) is 11.5 Å². The van der Waals surface area contributed by atoms with E-state index in [1.54, 1.807) is 6.07 Å². The van der Waals surface area contributed by atoms with E-state index in [-0.39, 0.29) is 17.9 Å². The minimum absolute atomic E-state index is 0.0734. The number of carbonyl (C=O) groups is 1. The molecule has 0 aliphatic heterocycles. The molecule has 0 bridgehead atoms. The highest BCUT2D eigenvalue weighted by Crippen LogP contribution is 2.29. The third-order valence-corrected chi connectivity index (χ3v) is 2.14. The van der Waals surface area contributed by atoms with Crippen molar-refractivity contribution < 1.29 is 19.7 Å². The second-order valence-corrected chi connectivity index (χ2v) is 3.05. The van der Waals surface area contributed by atoms with E-state index in [0.29, 0.717) is 5.75 Å².